The van der Waals surface area contributed by atoms with Gasteiger partial charge in [-0.05, 0) is 13.0 Å². The maximum absolute atomic E-state index is 5.42. The summed E-state index contributed by atoms with van der Waals surface area (Å²) in [6.07, 6.45) is 13.9. The largest absolute Gasteiger partial charge is 0.330 e. The van der Waals surface area contributed by atoms with Gasteiger partial charge >= 0.3 is 0 Å². The van der Waals surface area contributed by atoms with E-state index >= 15 is 0 Å². The number of nitrogens with two attached hydrogens (primary N) is 1. The minimum Gasteiger partial charge on any atom is -0.330 e. The Hall–Kier alpha value is 1.60. The molecule has 0 aliphatic carbocycles. The van der Waals surface area contributed by atoms with Gasteiger partial charge < -0.3 is 5.73 Å². The van der Waals surface area contributed by atoms with E-state index < -0.39 is 0 Å². The van der Waals surface area contributed by atoms with Crippen molar-refractivity contribution in [3.63, 3.8) is 0 Å². The van der Waals surface area contributed by atoms with Crippen molar-refractivity contribution in [2.75, 3.05) is 6.54 Å². The molecule has 14 heavy (non-hydrogen) atoms. The first-order valence-corrected chi connectivity index (χ1v) is 6.12. The Morgan fingerprint density at radius 3 is 1.36 bits per heavy atom. The summed E-state index contributed by atoms with van der Waals surface area (Å²) >= 11 is 0. The second-order valence-electron chi connectivity index (χ2n) is 3.97. The molecule has 0 atom stereocenters. The fourth-order valence-electron chi connectivity index (χ4n) is 1.63. The first kappa shape index (κ1) is 18.0. The molecule has 0 bridgehead atoms. The number of rotatable bonds is 10. The van der Waals surface area contributed by atoms with E-state index in [2.05, 4.69) is 6.92 Å². The predicted octanol–water partition coefficient (Wildman–Crippen LogP) is 3.49. The summed E-state index contributed by atoms with van der Waals surface area (Å²) < 4.78 is 0. The third-order valence-corrected chi connectivity index (χ3v) is 2.56. The summed E-state index contributed by atoms with van der Waals surface area (Å²) in [7, 11) is 0. The maximum atomic E-state index is 5.42. The van der Waals surface area contributed by atoms with Crippen molar-refractivity contribution in [3.8, 4) is 0 Å². The molecule has 0 aliphatic rings. The Labute approximate surface area is 133 Å². The van der Waals surface area contributed by atoms with Crippen molar-refractivity contribution in [1.29, 1.82) is 0 Å². The van der Waals surface area contributed by atoms with Crippen LogP contribution in [-0.4, -0.2) is 57.9 Å². The van der Waals surface area contributed by atoms with Crippen LogP contribution in [-0.2, 0) is 0 Å². The van der Waals surface area contributed by atoms with Crippen molar-refractivity contribution in [1.82, 2.24) is 0 Å². The van der Waals surface area contributed by atoms with Crippen molar-refractivity contribution < 1.29 is 0 Å². The van der Waals surface area contributed by atoms with Crippen molar-refractivity contribution in [2.45, 2.75) is 71.1 Å². The first-order valence-electron chi connectivity index (χ1n) is 6.12. The molecule has 1 radical (unpaired) electrons. The van der Waals surface area contributed by atoms with Crippen LogP contribution in [0.4, 0.5) is 0 Å². The molecule has 81 valence electrons. The van der Waals surface area contributed by atoms with Gasteiger partial charge in [0.05, 0.1) is 0 Å². The molecule has 0 aromatic rings. The van der Waals surface area contributed by atoms with Gasteiger partial charge in [-0.3, -0.25) is 0 Å². The molecule has 2 heteroatoms. The number of hydrogen-bond acceptors (Lipinski definition) is 1. The van der Waals surface area contributed by atoms with Crippen LogP contribution in [0, 0.1) is 0 Å². The Kier molecular flexibility index (Phi) is 21.8. The van der Waals surface area contributed by atoms with Gasteiger partial charge in [0.2, 0.25) is 0 Å². The van der Waals surface area contributed by atoms with Crippen LogP contribution in [0.3, 0.4) is 0 Å². The van der Waals surface area contributed by atoms with E-state index in [-0.39, 0.29) is 51.4 Å². The van der Waals surface area contributed by atoms with Crippen LogP contribution in [0.5, 0.6) is 0 Å². The van der Waals surface area contributed by atoms with Crippen LogP contribution >= 0.6 is 0 Å². The van der Waals surface area contributed by atoms with Crippen molar-refractivity contribution in [3.05, 3.63) is 0 Å². The molecule has 0 saturated carbocycles. The minimum absolute atomic E-state index is 0. The Balaban J connectivity index is 0. The third kappa shape index (κ3) is 16.0. The van der Waals surface area contributed by atoms with Gasteiger partial charge in [0, 0.05) is 51.4 Å². The molecule has 0 aromatic carbocycles. The Morgan fingerprint density at radius 1 is 0.643 bits per heavy atom. The van der Waals surface area contributed by atoms with Crippen molar-refractivity contribution >= 4 is 51.4 Å². The molecule has 1 nitrogen and oxygen atoms in total. The fourth-order valence-corrected chi connectivity index (χ4v) is 1.63. The molecule has 0 spiro atoms. The molecule has 0 heterocycles. The molecular formula is C12H27KN. The second-order valence-corrected chi connectivity index (χ2v) is 3.97. The van der Waals surface area contributed by atoms with Crippen LogP contribution in [0.25, 0.3) is 0 Å². The van der Waals surface area contributed by atoms with Gasteiger partial charge in [0.25, 0.3) is 0 Å². The SMILES string of the molecule is CCCCCCCCCCCCN.[K]. The zero-order chi connectivity index (χ0) is 9.78. The smallest absolute Gasteiger partial charge is 0 e. The van der Waals surface area contributed by atoms with Gasteiger partial charge in [-0.2, -0.15) is 0 Å². The van der Waals surface area contributed by atoms with E-state index in [1.165, 1.54) is 64.2 Å². The molecule has 0 unspecified atom stereocenters. The molecule has 2 N–H and O–H groups in total. The normalized spacial score (nSPS) is 9.86. The van der Waals surface area contributed by atoms with E-state index in [9.17, 15) is 0 Å². The standard InChI is InChI=1S/C12H27N.K/c1-2-3-4-5-6-7-8-9-10-11-12-13;/h2-13H2,1H3;. The number of hydrogen-bond donors (Lipinski definition) is 1. The second kappa shape index (κ2) is 17.0. The first-order chi connectivity index (χ1) is 6.41. The molecule has 0 aliphatic heterocycles. The van der Waals surface area contributed by atoms with Crippen LogP contribution in [0.1, 0.15) is 71.1 Å². The monoisotopic (exact) mass is 224 g/mol. The van der Waals surface area contributed by atoms with Gasteiger partial charge in [-0.1, -0.05) is 64.7 Å². The maximum Gasteiger partial charge on any atom is 0 e. The van der Waals surface area contributed by atoms with Gasteiger partial charge in [-0.25, -0.2) is 0 Å². The molecule has 0 amide bonds. The van der Waals surface area contributed by atoms with Crippen LogP contribution in [0.15, 0.2) is 0 Å². The van der Waals surface area contributed by atoms with Crippen LogP contribution in [0.2, 0.25) is 0 Å². The summed E-state index contributed by atoms with van der Waals surface area (Å²) in [5.74, 6) is 0. The average Bonchev–Trinajstić information content (AvgIpc) is 2.16. The Bertz CT molecular complexity index is 76.4. The fraction of sp³-hybridized carbons (Fsp3) is 1.00. The average molecular weight is 224 g/mol. The third-order valence-electron chi connectivity index (χ3n) is 2.56. The van der Waals surface area contributed by atoms with Gasteiger partial charge in [-0.15, -0.1) is 0 Å². The molecule has 0 aromatic heterocycles. The minimum atomic E-state index is 0. The summed E-state index contributed by atoms with van der Waals surface area (Å²) in [5, 5.41) is 0. The van der Waals surface area contributed by atoms with Crippen molar-refractivity contribution in [2.24, 2.45) is 5.73 Å². The Morgan fingerprint density at radius 2 is 1.00 bits per heavy atom. The van der Waals surface area contributed by atoms with Crippen LogP contribution < -0.4 is 5.73 Å². The molecule has 0 fully saturated rings. The van der Waals surface area contributed by atoms with Gasteiger partial charge in [0.15, 0.2) is 0 Å². The quantitative estimate of drug-likeness (QED) is 0.446. The van der Waals surface area contributed by atoms with E-state index in [0.29, 0.717) is 0 Å². The molecular weight excluding hydrogens is 197 g/mol. The molecule has 0 rings (SSSR count). The van der Waals surface area contributed by atoms with E-state index in [1.54, 1.807) is 0 Å². The van der Waals surface area contributed by atoms with E-state index in [4.69, 9.17) is 5.73 Å². The predicted molar refractivity (Wildman–Crippen MR) is 66.7 cm³/mol. The van der Waals surface area contributed by atoms with E-state index in [0.717, 1.165) is 6.54 Å². The number of unbranched alkanes of at least 4 members (excludes halogenated alkanes) is 9. The summed E-state index contributed by atoms with van der Waals surface area (Å²) in [5.41, 5.74) is 5.42. The summed E-state index contributed by atoms with van der Waals surface area (Å²) in [6, 6.07) is 0. The molecule has 0 saturated heterocycles. The topological polar surface area (TPSA) is 26.0 Å². The van der Waals surface area contributed by atoms with Gasteiger partial charge in [0.1, 0.15) is 0 Å². The summed E-state index contributed by atoms with van der Waals surface area (Å²) in [4.78, 5) is 0. The summed E-state index contributed by atoms with van der Waals surface area (Å²) in [6.45, 7) is 3.14. The zero-order valence-corrected chi connectivity index (χ0v) is 13.5. The van der Waals surface area contributed by atoms with E-state index in [1.807, 2.05) is 0 Å². The zero-order valence-electron chi connectivity index (χ0n) is 10.4.